The van der Waals surface area contributed by atoms with Crippen molar-refractivity contribution in [2.45, 2.75) is 26.5 Å². The molecule has 0 radical (unpaired) electrons. The molecule has 2 heterocycles. The van der Waals surface area contributed by atoms with Gasteiger partial charge in [-0.25, -0.2) is 14.8 Å². The molecule has 2 aromatic heterocycles. The number of nitrogens with one attached hydrogen (secondary N) is 2. The van der Waals surface area contributed by atoms with Gasteiger partial charge in [-0.3, -0.25) is 4.79 Å². The van der Waals surface area contributed by atoms with Gasteiger partial charge in [0.1, 0.15) is 18.0 Å². The number of hydrogen-bond donors (Lipinski definition) is 3. The number of aromatic carboxylic acids is 1. The lowest BCUT2D eigenvalue weighted by Gasteiger charge is -2.26. The lowest BCUT2D eigenvalue weighted by molar-refractivity contribution is -0.111. The van der Waals surface area contributed by atoms with E-state index in [2.05, 4.69) is 27.1 Å². The Morgan fingerprint density at radius 3 is 2.44 bits per heavy atom. The number of para-hydroxylation sites is 1. The second kappa shape index (κ2) is 14.2. The van der Waals surface area contributed by atoms with E-state index in [1.165, 1.54) is 6.08 Å². The third-order valence-electron chi connectivity index (χ3n) is 7.31. The number of methoxy groups -OCH3 is 2. The van der Waals surface area contributed by atoms with Crippen molar-refractivity contribution in [3.05, 3.63) is 66.5 Å². The first-order valence-corrected chi connectivity index (χ1v) is 14.5. The summed E-state index contributed by atoms with van der Waals surface area (Å²) in [6, 6.07) is 11.3. The van der Waals surface area contributed by atoms with Gasteiger partial charge in [0, 0.05) is 50.5 Å². The standard InChI is InChI=1S/C33H41N7O5/c1-9-28(41)34-23-16-24(27(45-8)17-26(23)39(6)15-14-38(4)5)35-33-36-30(20(2)3)29(32(42)43)31(37-33)22-18-40(19-44-7)25-13-11-10-12-21(22)25/h9-13,16-18,20H,1,14-15,19H2,2-8H3,(H,34,41)(H,42,43)(H,35,36,37). The fourth-order valence-electron chi connectivity index (χ4n) is 5.07. The zero-order chi connectivity index (χ0) is 32.8. The molecule has 0 saturated heterocycles. The number of rotatable bonds is 14. The Balaban J connectivity index is 1.91. The minimum absolute atomic E-state index is 0.0274. The Bertz CT molecular complexity index is 1710. The fraction of sp³-hybridized carbons (Fsp3) is 0.333. The van der Waals surface area contributed by atoms with Gasteiger partial charge in [0.2, 0.25) is 11.9 Å². The average molecular weight is 616 g/mol. The van der Waals surface area contributed by atoms with Crippen LogP contribution >= 0.6 is 0 Å². The predicted octanol–water partition coefficient (Wildman–Crippen LogP) is 5.40. The van der Waals surface area contributed by atoms with E-state index in [0.29, 0.717) is 34.9 Å². The minimum atomic E-state index is -1.12. The highest BCUT2D eigenvalue weighted by Gasteiger charge is 2.26. The van der Waals surface area contributed by atoms with E-state index < -0.39 is 5.97 Å². The molecule has 3 N–H and O–H groups in total. The van der Waals surface area contributed by atoms with E-state index in [4.69, 9.17) is 14.5 Å². The van der Waals surface area contributed by atoms with Crippen LogP contribution in [0.5, 0.6) is 5.75 Å². The van der Waals surface area contributed by atoms with E-state index >= 15 is 0 Å². The first kappa shape index (κ1) is 33.0. The number of ether oxygens (including phenoxy) is 2. The maximum atomic E-state index is 12.7. The molecule has 12 nitrogen and oxygen atoms in total. The molecule has 4 rings (SSSR count). The summed E-state index contributed by atoms with van der Waals surface area (Å²) >= 11 is 0. The number of hydrogen-bond acceptors (Lipinski definition) is 9. The molecule has 2 aromatic carbocycles. The zero-order valence-corrected chi connectivity index (χ0v) is 26.8. The van der Waals surface area contributed by atoms with E-state index in [0.717, 1.165) is 23.1 Å². The number of carboxylic acids is 1. The van der Waals surface area contributed by atoms with Gasteiger partial charge in [-0.2, -0.15) is 0 Å². The van der Waals surface area contributed by atoms with Crippen molar-refractivity contribution in [3.63, 3.8) is 0 Å². The number of amides is 1. The summed E-state index contributed by atoms with van der Waals surface area (Å²) in [7, 11) is 9.07. The van der Waals surface area contributed by atoms with Crippen molar-refractivity contribution >= 4 is 45.8 Å². The number of fused-ring (bicyclic) bond motifs is 1. The van der Waals surface area contributed by atoms with Crippen LogP contribution in [0.1, 0.15) is 35.8 Å². The topological polar surface area (TPSA) is 134 Å². The summed E-state index contributed by atoms with van der Waals surface area (Å²) in [5.41, 5.74) is 3.93. The molecule has 45 heavy (non-hydrogen) atoms. The number of carbonyl (C=O) groups excluding carboxylic acids is 1. The predicted molar refractivity (Wildman–Crippen MR) is 178 cm³/mol. The van der Waals surface area contributed by atoms with E-state index in [1.54, 1.807) is 20.3 Å². The monoisotopic (exact) mass is 615 g/mol. The lowest BCUT2D eigenvalue weighted by atomic mass is 9.98. The van der Waals surface area contributed by atoms with Crippen LogP contribution in [0.4, 0.5) is 23.0 Å². The summed E-state index contributed by atoms with van der Waals surface area (Å²) in [5, 5.41) is 17.4. The third-order valence-corrected chi connectivity index (χ3v) is 7.31. The summed E-state index contributed by atoms with van der Waals surface area (Å²) < 4.78 is 13.1. The quantitative estimate of drug-likeness (QED) is 0.158. The largest absolute Gasteiger partial charge is 0.494 e. The highest BCUT2D eigenvalue weighted by atomic mass is 16.5. The zero-order valence-electron chi connectivity index (χ0n) is 26.8. The van der Waals surface area contributed by atoms with Crippen molar-refractivity contribution < 1.29 is 24.2 Å². The molecular formula is C33H41N7O5. The SMILES string of the molecule is C=CC(=O)Nc1cc(Nc2nc(-c3cn(COC)c4ccccc34)c(C(=O)O)c(C(C)C)n2)c(OC)cc1N(C)CCN(C)C. The summed E-state index contributed by atoms with van der Waals surface area (Å²) in [6.45, 7) is 9.12. The summed E-state index contributed by atoms with van der Waals surface area (Å²) in [6.07, 6.45) is 3.05. The van der Waals surface area contributed by atoms with E-state index in [-0.39, 0.29) is 35.8 Å². The smallest absolute Gasteiger partial charge is 0.339 e. The highest BCUT2D eigenvalue weighted by Crippen LogP contribution is 2.40. The molecule has 4 aromatic rings. The van der Waals surface area contributed by atoms with E-state index in [9.17, 15) is 14.7 Å². The van der Waals surface area contributed by atoms with Gasteiger partial charge < -0.3 is 39.6 Å². The highest BCUT2D eigenvalue weighted by molar-refractivity contribution is 6.04. The van der Waals surface area contributed by atoms with Gasteiger partial charge in [-0.1, -0.05) is 38.6 Å². The van der Waals surface area contributed by atoms with Crippen LogP contribution in [0.25, 0.3) is 22.2 Å². The molecule has 0 spiro atoms. The number of likely N-dealkylation sites (N-methyl/N-ethyl adjacent to an activating group) is 2. The second-order valence-corrected chi connectivity index (χ2v) is 11.2. The molecule has 0 saturated carbocycles. The van der Waals surface area contributed by atoms with E-state index in [1.807, 2.05) is 81.0 Å². The molecule has 0 aliphatic rings. The van der Waals surface area contributed by atoms with Gasteiger partial charge in [0.25, 0.3) is 0 Å². The molecule has 0 fully saturated rings. The summed E-state index contributed by atoms with van der Waals surface area (Å²) in [5.74, 6) is -1.07. The van der Waals surface area contributed by atoms with Crippen LogP contribution in [0.2, 0.25) is 0 Å². The van der Waals surface area contributed by atoms with Gasteiger partial charge in [-0.15, -0.1) is 0 Å². The summed E-state index contributed by atoms with van der Waals surface area (Å²) in [4.78, 5) is 38.7. The van der Waals surface area contributed by atoms with Gasteiger partial charge in [0.05, 0.1) is 41.1 Å². The Hall–Kier alpha value is -4.94. The average Bonchev–Trinajstić information content (AvgIpc) is 3.37. The van der Waals surface area contributed by atoms with Crippen LogP contribution in [0.15, 0.2) is 55.3 Å². The molecule has 0 atom stereocenters. The van der Waals surface area contributed by atoms with Gasteiger partial charge in [-0.05, 0) is 38.2 Å². The van der Waals surface area contributed by atoms with Crippen molar-refractivity contribution in [2.75, 3.05) is 64.0 Å². The number of carbonyl (C=O) groups is 2. The van der Waals surface area contributed by atoms with Gasteiger partial charge >= 0.3 is 5.97 Å². The maximum absolute atomic E-state index is 12.7. The van der Waals surface area contributed by atoms with Crippen LogP contribution in [0.3, 0.4) is 0 Å². The van der Waals surface area contributed by atoms with Crippen molar-refractivity contribution in [1.29, 1.82) is 0 Å². The second-order valence-electron chi connectivity index (χ2n) is 11.2. The van der Waals surface area contributed by atoms with Gasteiger partial charge in [0.15, 0.2) is 0 Å². The Morgan fingerprint density at radius 2 is 1.82 bits per heavy atom. The molecule has 0 bridgehead atoms. The Kier molecular flexibility index (Phi) is 10.4. The molecule has 0 aliphatic heterocycles. The number of benzene rings is 2. The minimum Gasteiger partial charge on any atom is -0.494 e. The van der Waals surface area contributed by atoms with Crippen LogP contribution in [-0.2, 0) is 16.3 Å². The van der Waals surface area contributed by atoms with Crippen molar-refractivity contribution in [1.82, 2.24) is 19.4 Å². The normalized spacial score (nSPS) is 11.2. The van der Waals surface area contributed by atoms with Crippen molar-refractivity contribution in [3.8, 4) is 17.0 Å². The number of carboxylic acid groups (broad SMARTS) is 1. The first-order valence-electron chi connectivity index (χ1n) is 14.5. The number of anilines is 4. The number of nitrogens with zero attached hydrogens (tertiary/aromatic N) is 5. The number of aromatic nitrogens is 3. The van der Waals surface area contributed by atoms with Crippen LogP contribution in [-0.4, -0.2) is 84.9 Å². The Morgan fingerprint density at radius 1 is 1.09 bits per heavy atom. The van der Waals surface area contributed by atoms with Crippen molar-refractivity contribution in [2.24, 2.45) is 0 Å². The molecule has 0 aliphatic carbocycles. The van der Waals surface area contributed by atoms with Crippen LogP contribution in [0, 0.1) is 0 Å². The Labute approximate surface area is 263 Å². The molecule has 238 valence electrons. The molecule has 0 unspecified atom stereocenters. The fourth-order valence-corrected chi connectivity index (χ4v) is 5.07. The third kappa shape index (κ3) is 7.24. The molecule has 12 heteroatoms. The van der Waals surface area contributed by atoms with Crippen LogP contribution < -0.4 is 20.3 Å². The molecular weight excluding hydrogens is 574 g/mol. The molecule has 1 amide bonds. The lowest BCUT2D eigenvalue weighted by Crippen LogP contribution is -2.29. The maximum Gasteiger partial charge on any atom is 0.339 e. The first-order chi connectivity index (χ1) is 21.5.